The van der Waals surface area contributed by atoms with Gasteiger partial charge in [-0.25, -0.2) is 18.6 Å². The van der Waals surface area contributed by atoms with Gasteiger partial charge in [0, 0.05) is 5.56 Å². The van der Waals surface area contributed by atoms with E-state index >= 15 is 0 Å². The van der Waals surface area contributed by atoms with Gasteiger partial charge in [0.05, 0.1) is 7.11 Å². The lowest BCUT2D eigenvalue weighted by Crippen LogP contribution is -2.13. The lowest BCUT2D eigenvalue weighted by atomic mass is 10.1. The van der Waals surface area contributed by atoms with Gasteiger partial charge < -0.3 is 10.5 Å². The largest absolute Gasteiger partial charge is 0.464 e. The molecule has 0 saturated heterocycles. The van der Waals surface area contributed by atoms with Crippen LogP contribution in [0.1, 0.15) is 16.1 Å². The Morgan fingerprint density at radius 2 is 1.80 bits per heavy atom. The van der Waals surface area contributed by atoms with Crippen molar-refractivity contribution in [2.45, 2.75) is 6.92 Å². The van der Waals surface area contributed by atoms with Gasteiger partial charge in [-0.1, -0.05) is 29.8 Å². The zero-order chi connectivity index (χ0) is 14.9. The zero-order valence-electron chi connectivity index (χ0n) is 10.9. The third-order valence-corrected chi connectivity index (χ3v) is 2.82. The van der Waals surface area contributed by atoms with E-state index in [4.69, 9.17) is 5.73 Å². The first-order chi connectivity index (χ1) is 9.45. The number of nitrogen functional groups attached to an aromatic ring is 1. The summed E-state index contributed by atoms with van der Waals surface area (Å²) >= 11 is 0. The molecule has 0 atom stereocenters. The van der Waals surface area contributed by atoms with E-state index in [-0.39, 0.29) is 5.69 Å². The normalized spacial score (nSPS) is 10.4. The number of pyridine rings is 1. The van der Waals surface area contributed by atoms with Crippen LogP contribution in [0.2, 0.25) is 0 Å². The molecule has 2 aromatic rings. The van der Waals surface area contributed by atoms with Gasteiger partial charge in [0.15, 0.2) is 17.3 Å². The molecule has 1 aromatic heterocycles. The molecule has 2 N–H and O–H groups in total. The molecule has 0 unspecified atom stereocenters. The predicted octanol–water partition coefficient (Wildman–Crippen LogP) is 2.70. The van der Waals surface area contributed by atoms with E-state index < -0.39 is 29.0 Å². The summed E-state index contributed by atoms with van der Waals surface area (Å²) in [5, 5.41) is 0. The molecule has 6 heteroatoms. The van der Waals surface area contributed by atoms with E-state index in [1.54, 1.807) is 24.3 Å². The second-order valence-electron chi connectivity index (χ2n) is 4.21. The Labute approximate surface area is 114 Å². The number of anilines is 1. The van der Waals surface area contributed by atoms with Crippen LogP contribution in [0.3, 0.4) is 0 Å². The molecule has 0 amide bonds. The fraction of sp³-hybridized carbons (Fsp3) is 0.143. The molecule has 2 rings (SSSR count). The van der Waals surface area contributed by atoms with Gasteiger partial charge in [0.1, 0.15) is 11.4 Å². The van der Waals surface area contributed by atoms with Crippen molar-refractivity contribution in [1.82, 2.24) is 4.98 Å². The number of nitrogens with two attached hydrogens (primary N) is 1. The molecular weight excluding hydrogens is 266 g/mol. The Kier molecular flexibility index (Phi) is 3.65. The highest BCUT2D eigenvalue weighted by atomic mass is 19.1. The van der Waals surface area contributed by atoms with Crippen molar-refractivity contribution in [2.75, 3.05) is 12.8 Å². The van der Waals surface area contributed by atoms with Gasteiger partial charge in [-0.3, -0.25) is 0 Å². The summed E-state index contributed by atoms with van der Waals surface area (Å²) in [6, 6.07) is 6.71. The lowest BCUT2D eigenvalue weighted by molar-refractivity contribution is 0.0588. The fourth-order valence-electron chi connectivity index (χ4n) is 1.70. The van der Waals surface area contributed by atoms with Crippen LogP contribution in [-0.2, 0) is 4.74 Å². The maximum absolute atomic E-state index is 14.0. The standard InChI is InChI=1S/C14H12F2N2O2/c1-7-3-5-8(6-4-7)12-9(15)11(17)10(16)13(18-12)14(19)20-2/h3-6H,1-2H3,(H2,17,18). The van der Waals surface area contributed by atoms with Crippen LogP contribution < -0.4 is 5.73 Å². The molecule has 0 aliphatic rings. The maximum Gasteiger partial charge on any atom is 0.359 e. The van der Waals surface area contributed by atoms with Crippen molar-refractivity contribution in [1.29, 1.82) is 0 Å². The topological polar surface area (TPSA) is 65.2 Å². The second kappa shape index (κ2) is 5.24. The van der Waals surface area contributed by atoms with E-state index in [1.165, 1.54) is 0 Å². The number of esters is 1. The summed E-state index contributed by atoms with van der Waals surface area (Å²) in [6.45, 7) is 1.87. The van der Waals surface area contributed by atoms with Crippen molar-refractivity contribution < 1.29 is 18.3 Å². The number of methoxy groups -OCH3 is 1. The lowest BCUT2D eigenvalue weighted by Gasteiger charge is -2.09. The molecule has 0 aliphatic carbocycles. The molecule has 0 aliphatic heterocycles. The minimum absolute atomic E-state index is 0.190. The van der Waals surface area contributed by atoms with Gasteiger partial charge in [-0.15, -0.1) is 0 Å². The number of nitrogens with zero attached hydrogens (tertiary/aromatic N) is 1. The SMILES string of the molecule is COC(=O)c1nc(-c2ccc(C)cc2)c(F)c(N)c1F. The smallest absolute Gasteiger partial charge is 0.359 e. The summed E-state index contributed by atoms with van der Waals surface area (Å²) in [7, 11) is 1.08. The number of hydrogen-bond acceptors (Lipinski definition) is 4. The Bertz CT molecular complexity index is 670. The highest BCUT2D eigenvalue weighted by Gasteiger charge is 2.23. The first-order valence-electron chi connectivity index (χ1n) is 5.75. The Balaban J connectivity index is 2.67. The van der Waals surface area contributed by atoms with Crippen LogP contribution in [0.15, 0.2) is 24.3 Å². The van der Waals surface area contributed by atoms with Crippen molar-refractivity contribution in [2.24, 2.45) is 0 Å². The highest BCUT2D eigenvalue weighted by molar-refractivity contribution is 5.89. The molecular formula is C14H12F2N2O2. The average molecular weight is 278 g/mol. The summed E-state index contributed by atoms with van der Waals surface area (Å²) in [5.41, 5.74) is 5.13. The first kappa shape index (κ1) is 13.9. The van der Waals surface area contributed by atoms with Crippen molar-refractivity contribution >= 4 is 11.7 Å². The maximum atomic E-state index is 14.0. The molecule has 1 aromatic carbocycles. The summed E-state index contributed by atoms with van der Waals surface area (Å²) in [5.74, 6) is -3.23. The predicted molar refractivity (Wildman–Crippen MR) is 70.1 cm³/mol. The molecule has 0 bridgehead atoms. The van der Waals surface area contributed by atoms with Gasteiger partial charge in [0.2, 0.25) is 0 Å². The molecule has 20 heavy (non-hydrogen) atoms. The van der Waals surface area contributed by atoms with Crippen molar-refractivity contribution in [3.05, 3.63) is 47.2 Å². The van der Waals surface area contributed by atoms with Crippen LogP contribution in [0.4, 0.5) is 14.5 Å². The van der Waals surface area contributed by atoms with Crippen molar-refractivity contribution in [3.63, 3.8) is 0 Å². The summed E-state index contributed by atoms with van der Waals surface area (Å²) in [6.07, 6.45) is 0. The first-order valence-corrected chi connectivity index (χ1v) is 5.75. The Morgan fingerprint density at radius 3 is 2.35 bits per heavy atom. The number of carbonyl (C=O) groups excluding carboxylic acids is 1. The van der Waals surface area contributed by atoms with Gasteiger partial charge in [-0.2, -0.15) is 0 Å². The van der Waals surface area contributed by atoms with Crippen molar-refractivity contribution in [3.8, 4) is 11.3 Å². The molecule has 0 radical (unpaired) electrons. The quantitative estimate of drug-likeness (QED) is 0.858. The molecule has 0 fully saturated rings. The average Bonchev–Trinajstić information content (AvgIpc) is 2.45. The Morgan fingerprint density at radius 1 is 1.20 bits per heavy atom. The number of aromatic nitrogens is 1. The van der Waals surface area contributed by atoms with E-state index in [9.17, 15) is 13.6 Å². The van der Waals surface area contributed by atoms with Crippen LogP contribution in [0.25, 0.3) is 11.3 Å². The minimum atomic E-state index is -1.22. The molecule has 4 nitrogen and oxygen atoms in total. The molecule has 1 heterocycles. The van der Waals surface area contributed by atoms with E-state index in [0.29, 0.717) is 5.56 Å². The van der Waals surface area contributed by atoms with Gasteiger partial charge >= 0.3 is 5.97 Å². The monoisotopic (exact) mass is 278 g/mol. The number of hydrogen-bond donors (Lipinski definition) is 1. The van der Waals surface area contributed by atoms with Crippen LogP contribution in [0.5, 0.6) is 0 Å². The summed E-state index contributed by atoms with van der Waals surface area (Å²) < 4.78 is 32.2. The number of benzene rings is 1. The molecule has 0 saturated carbocycles. The fourth-order valence-corrected chi connectivity index (χ4v) is 1.70. The van der Waals surface area contributed by atoms with Crippen LogP contribution >= 0.6 is 0 Å². The second-order valence-corrected chi connectivity index (χ2v) is 4.21. The molecule has 0 spiro atoms. The van der Waals surface area contributed by atoms with Gasteiger partial charge in [-0.05, 0) is 6.92 Å². The number of carbonyl (C=O) groups is 1. The van der Waals surface area contributed by atoms with E-state index in [0.717, 1.165) is 12.7 Å². The van der Waals surface area contributed by atoms with Crippen LogP contribution in [0, 0.1) is 18.6 Å². The van der Waals surface area contributed by atoms with E-state index in [2.05, 4.69) is 9.72 Å². The third kappa shape index (κ3) is 2.32. The number of aryl methyl sites for hydroxylation is 1. The number of rotatable bonds is 2. The molecule has 104 valence electrons. The van der Waals surface area contributed by atoms with Gasteiger partial charge in [0.25, 0.3) is 0 Å². The zero-order valence-corrected chi connectivity index (χ0v) is 10.9. The number of ether oxygens (including phenoxy) is 1. The van der Waals surface area contributed by atoms with Crippen LogP contribution in [-0.4, -0.2) is 18.1 Å². The minimum Gasteiger partial charge on any atom is -0.464 e. The number of halogens is 2. The third-order valence-electron chi connectivity index (χ3n) is 2.82. The Hall–Kier alpha value is -2.50. The van der Waals surface area contributed by atoms with E-state index in [1.807, 2.05) is 6.92 Å². The summed E-state index contributed by atoms with van der Waals surface area (Å²) in [4.78, 5) is 15.1. The highest BCUT2D eigenvalue weighted by Crippen LogP contribution is 2.28.